The molecule has 0 bridgehead atoms. The second-order valence-electron chi connectivity index (χ2n) is 5.25. The minimum Gasteiger partial charge on any atom is -0.508 e. The summed E-state index contributed by atoms with van der Waals surface area (Å²) in [6.45, 7) is 1.01. The molecular formula is C18H17NO3S. The number of carbonyl (C=O) groups excluding carboxylic acids is 1. The molecule has 0 atom stereocenters. The van der Waals surface area contributed by atoms with Gasteiger partial charge in [-0.25, -0.2) is 0 Å². The zero-order valence-corrected chi connectivity index (χ0v) is 13.3. The Bertz CT molecular complexity index is 697. The molecule has 0 saturated carbocycles. The lowest BCUT2D eigenvalue weighted by Crippen LogP contribution is -2.31. The third kappa shape index (κ3) is 4.23. The summed E-state index contributed by atoms with van der Waals surface area (Å²) in [5, 5.41) is 11.3. The molecule has 2 heterocycles. The number of hydrogen-bond donors (Lipinski definition) is 1. The lowest BCUT2D eigenvalue weighted by Gasteiger charge is -2.21. The molecule has 4 nitrogen and oxygen atoms in total. The fourth-order valence-corrected chi connectivity index (χ4v) is 3.03. The summed E-state index contributed by atoms with van der Waals surface area (Å²) in [4.78, 5) is 15.6. The number of phenols is 1. The van der Waals surface area contributed by atoms with Crippen molar-refractivity contribution in [3.63, 3.8) is 0 Å². The first-order valence-electron chi connectivity index (χ1n) is 7.31. The standard InChI is InChI=1S/C18H17NO3S/c20-15-7-5-14(6-8-15)11-18(21)19(12-16-3-1-9-22-16)13-17-4-2-10-23-17/h1-10,20H,11-13H2. The molecule has 0 spiro atoms. The quantitative estimate of drug-likeness (QED) is 0.749. The zero-order chi connectivity index (χ0) is 16.1. The summed E-state index contributed by atoms with van der Waals surface area (Å²) >= 11 is 1.63. The van der Waals surface area contributed by atoms with Gasteiger partial charge in [-0.05, 0) is 41.3 Å². The van der Waals surface area contributed by atoms with Gasteiger partial charge in [0.15, 0.2) is 0 Å². The average Bonchev–Trinajstić information content (AvgIpc) is 3.22. The first-order chi connectivity index (χ1) is 11.2. The molecule has 23 heavy (non-hydrogen) atoms. The van der Waals surface area contributed by atoms with E-state index in [9.17, 15) is 9.90 Å². The molecule has 0 aliphatic carbocycles. The maximum absolute atomic E-state index is 12.7. The number of furan rings is 1. The first-order valence-corrected chi connectivity index (χ1v) is 8.19. The van der Waals surface area contributed by atoms with Crippen LogP contribution in [0.25, 0.3) is 0 Å². The Hall–Kier alpha value is -2.53. The summed E-state index contributed by atoms with van der Waals surface area (Å²) in [5.74, 6) is 0.994. The van der Waals surface area contributed by atoms with E-state index in [1.165, 1.54) is 0 Å². The number of amides is 1. The third-order valence-corrected chi connectivity index (χ3v) is 4.36. The maximum atomic E-state index is 12.7. The van der Waals surface area contributed by atoms with Gasteiger partial charge in [-0.1, -0.05) is 18.2 Å². The van der Waals surface area contributed by atoms with Crippen LogP contribution in [0.15, 0.2) is 64.6 Å². The predicted octanol–water partition coefficient (Wildman–Crippen LogP) is 3.82. The molecular weight excluding hydrogens is 310 g/mol. The van der Waals surface area contributed by atoms with Gasteiger partial charge in [0.25, 0.3) is 0 Å². The molecule has 0 unspecified atom stereocenters. The number of carbonyl (C=O) groups is 1. The number of aromatic hydroxyl groups is 1. The van der Waals surface area contributed by atoms with Crippen molar-refractivity contribution in [1.29, 1.82) is 0 Å². The van der Waals surface area contributed by atoms with Gasteiger partial charge >= 0.3 is 0 Å². The summed E-state index contributed by atoms with van der Waals surface area (Å²) in [7, 11) is 0. The van der Waals surface area contributed by atoms with Crippen molar-refractivity contribution in [3.05, 3.63) is 76.4 Å². The summed E-state index contributed by atoms with van der Waals surface area (Å²) in [5.41, 5.74) is 0.878. The number of rotatable bonds is 6. The van der Waals surface area contributed by atoms with Crippen LogP contribution in [0.3, 0.4) is 0 Å². The van der Waals surface area contributed by atoms with Gasteiger partial charge in [0, 0.05) is 4.88 Å². The maximum Gasteiger partial charge on any atom is 0.227 e. The van der Waals surface area contributed by atoms with Crippen LogP contribution >= 0.6 is 11.3 Å². The number of nitrogens with zero attached hydrogens (tertiary/aromatic N) is 1. The Labute approximate surface area is 138 Å². The van der Waals surface area contributed by atoms with Gasteiger partial charge in [-0.3, -0.25) is 4.79 Å². The summed E-state index contributed by atoms with van der Waals surface area (Å²) < 4.78 is 5.38. The van der Waals surface area contributed by atoms with Crippen LogP contribution in [0.1, 0.15) is 16.2 Å². The van der Waals surface area contributed by atoms with E-state index in [1.54, 1.807) is 46.8 Å². The Kier molecular flexibility index (Phi) is 4.78. The molecule has 5 heteroatoms. The van der Waals surface area contributed by atoms with Crippen LogP contribution in [-0.2, 0) is 24.3 Å². The highest BCUT2D eigenvalue weighted by Crippen LogP contribution is 2.17. The van der Waals surface area contributed by atoms with E-state index in [2.05, 4.69) is 0 Å². The SMILES string of the molecule is O=C(Cc1ccc(O)cc1)N(Cc1ccco1)Cc1cccs1. The topological polar surface area (TPSA) is 53.7 Å². The van der Waals surface area contributed by atoms with Gasteiger partial charge in [0.2, 0.25) is 5.91 Å². The van der Waals surface area contributed by atoms with Crippen LogP contribution in [0, 0.1) is 0 Å². The molecule has 0 saturated heterocycles. The van der Waals surface area contributed by atoms with Crippen molar-refractivity contribution in [1.82, 2.24) is 4.90 Å². The van der Waals surface area contributed by atoms with Crippen molar-refractivity contribution >= 4 is 17.2 Å². The van der Waals surface area contributed by atoms with Crippen molar-refractivity contribution in [3.8, 4) is 5.75 Å². The molecule has 118 valence electrons. The fourth-order valence-electron chi connectivity index (χ4n) is 2.31. The van der Waals surface area contributed by atoms with Crippen LogP contribution in [-0.4, -0.2) is 15.9 Å². The van der Waals surface area contributed by atoms with Gasteiger partial charge < -0.3 is 14.4 Å². The normalized spacial score (nSPS) is 10.6. The van der Waals surface area contributed by atoms with Gasteiger partial charge in [-0.2, -0.15) is 0 Å². The first kappa shape index (κ1) is 15.4. The third-order valence-electron chi connectivity index (χ3n) is 3.50. The molecule has 0 aliphatic rings. The van der Waals surface area contributed by atoms with E-state index in [1.807, 2.05) is 29.6 Å². The van der Waals surface area contributed by atoms with Crippen molar-refractivity contribution in [2.24, 2.45) is 0 Å². The Morgan fingerprint density at radius 3 is 2.57 bits per heavy atom. The van der Waals surface area contributed by atoms with E-state index in [-0.39, 0.29) is 11.7 Å². The molecule has 0 radical (unpaired) electrons. The summed E-state index contributed by atoms with van der Waals surface area (Å²) in [6.07, 6.45) is 1.91. The van der Waals surface area contributed by atoms with Crippen molar-refractivity contribution in [2.75, 3.05) is 0 Å². The number of thiophene rings is 1. The zero-order valence-electron chi connectivity index (χ0n) is 12.5. The minimum atomic E-state index is 0.0282. The highest BCUT2D eigenvalue weighted by molar-refractivity contribution is 7.09. The second kappa shape index (κ2) is 7.15. The van der Waals surface area contributed by atoms with Gasteiger partial charge in [0.05, 0.1) is 25.8 Å². The van der Waals surface area contributed by atoms with Gasteiger partial charge in [0.1, 0.15) is 11.5 Å². The molecule has 2 aromatic heterocycles. The van der Waals surface area contributed by atoms with E-state index in [0.717, 1.165) is 16.2 Å². The van der Waals surface area contributed by atoms with E-state index >= 15 is 0 Å². The van der Waals surface area contributed by atoms with E-state index < -0.39 is 0 Å². The number of phenolic OH excluding ortho intramolecular Hbond substituents is 1. The largest absolute Gasteiger partial charge is 0.508 e. The highest BCUT2D eigenvalue weighted by Gasteiger charge is 2.17. The van der Waals surface area contributed by atoms with Gasteiger partial charge in [-0.15, -0.1) is 11.3 Å². The smallest absolute Gasteiger partial charge is 0.227 e. The molecule has 3 aromatic rings. The molecule has 1 aromatic carbocycles. The van der Waals surface area contributed by atoms with Crippen LogP contribution < -0.4 is 0 Å². The molecule has 1 N–H and O–H groups in total. The number of hydrogen-bond acceptors (Lipinski definition) is 4. The van der Waals surface area contributed by atoms with Crippen LogP contribution in [0.4, 0.5) is 0 Å². The molecule has 0 fully saturated rings. The molecule has 3 rings (SSSR count). The fraction of sp³-hybridized carbons (Fsp3) is 0.167. The highest BCUT2D eigenvalue weighted by atomic mass is 32.1. The molecule has 1 amide bonds. The van der Waals surface area contributed by atoms with E-state index in [0.29, 0.717) is 19.5 Å². The Morgan fingerprint density at radius 2 is 1.91 bits per heavy atom. The predicted molar refractivity (Wildman–Crippen MR) is 89.1 cm³/mol. The molecule has 0 aliphatic heterocycles. The van der Waals surface area contributed by atoms with E-state index in [4.69, 9.17) is 4.42 Å². The Morgan fingerprint density at radius 1 is 1.09 bits per heavy atom. The lowest BCUT2D eigenvalue weighted by atomic mass is 10.1. The Balaban J connectivity index is 1.73. The minimum absolute atomic E-state index is 0.0282. The average molecular weight is 327 g/mol. The summed E-state index contributed by atoms with van der Waals surface area (Å²) in [6, 6.07) is 14.4. The van der Waals surface area contributed by atoms with Crippen molar-refractivity contribution < 1.29 is 14.3 Å². The second-order valence-corrected chi connectivity index (χ2v) is 6.28. The monoisotopic (exact) mass is 327 g/mol. The number of benzene rings is 1. The van der Waals surface area contributed by atoms with Crippen LogP contribution in [0.2, 0.25) is 0 Å². The lowest BCUT2D eigenvalue weighted by molar-refractivity contribution is -0.131. The van der Waals surface area contributed by atoms with Crippen LogP contribution in [0.5, 0.6) is 5.75 Å². The van der Waals surface area contributed by atoms with Crippen molar-refractivity contribution in [2.45, 2.75) is 19.5 Å².